The minimum Gasteiger partial charge on any atom is -0.497 e. The first-order valence-electron chi connectivity index (χ1n) is 11.8. The maximum Gasteiger partial charge on any atom is 0.305 e. The van der Waals surface area contributed by atoms with Gasteiger partial charge in [0.15, 0.2) is 0 Å². The molecule has 0 N–H and O–H groups in total. The first kappa shape index (κ1) is 27.5. The van der Waals surface area contributed by atoms with Crippen molar-refractivity contribution in [2.45, 2.75) is 30.8 Å². The minimum atomic E-state index is -4.04. The first-order chi connectivity index (χ1) is 18.1. The lowest BCUT2D eigenvalue weighted by atomic mass is 10.0. The maximum absolute atomic E-state index is 14.5. The van der Waals surface area contributed by atoms with Gasteiger partial charge < -0.3 is 14.2 Å². The molecule has 3 aromatic rings. The minimum absolute atomic E-state index is 0.0190. The molecule has 0 aromatic heterocycles. The molecule has 38 heavy (non-hydrogen) atoms. The third-order valence-electron chi connectivity index (χ3n) is 6.18. The van der Waals surface area contributed by atoms with Crippen molar-refractivity contribution in [1.29, 1.82) is 0 Å². The monoisotopic (exact) mass is 559 g/mol. The topological polar surface area (TPSA) is 82.1 Å². The molecule has 7 nitrogen and oxygen atoms in total. The largest absolute Gasteiger partial charge is 0.497 e. The Hall–Kier alpha value is -3.56. The van der Waals surface area contributed by atoms with Gasteiger partial charge in [0.1, 0.15) is 23.4 Å². The Morgan fingerprint density at radius 3 is 2.63 bits per heavy atom. The molecule has 0 fully saturated rings. The molecule has 0 radical (unpaired) electrons. The number of nitrogens with zero attached hydrogens (tertiary/aromatic N) is 1. The number of fused-ring (bicyclic) bond motifs is 1. The van der Waals surface area contributed by atoms with Gasteiger partial charge in [0, 0.05) is 18.1 Å². The zero-order valence-corrected chi connectivity index (χ0v) is 22.7. The average Bonchev–Trinajstić information content (AvgIpc) is 2.91. The van der Waals surface area contributed by atoms with Crippen LogP contribution in [0.1, 0.15) is 30.9 Å². The number of rotatable bonds is 8. The van der Waals surface area contributed by atoms with Crippen LogP contribution in [-0.4, -0.2) is 41.3 Å². The summed E-state index contributed by atoms with van der Waals surface area (Å²) < 4.78 is 59.4. The Morgan fingerprint density at radius 1 is 1.16 bits per heavy atom. The molecular formula is C28H27ClFNO6S. The molecule has 1 atom stereocenters. The smallest absolute Gasteiger partial charge is 0.305 e. The Balaban J connectivity index is 1.77. The number of methoxy groups -OCH3 is 2. The van der Waals surface area contributed by atoms with E-state index < -0.39 is 27.9 Å². The second-order valence-corrected chi connectivity index (χ2v) is 11.0. The van der Waals surface area contributed by atoms with Crippen molar-refractivity contribution in [3.63, 3.8) is 0 Å². The molecule has 0 bridgehead atoms. The number of carbonyl (C=O) groups excluding carboxylic acids is 1. The van der Waals surface area contributed by atoms with Gasteiger partial charge in [0.2, 0.25) is 0 Å². The summed E-state index contributed by atoms with van der Waals surface area (Å²) in [6, 6.07) is 15.7. The number of ether oxygens (including phenoxy) is 3. The molecule has 0 amide bonds. The summed E-state index contributed by atoms with van der Waals surface area (Å²) in [6.45, 7) is 1.71. The van der Waals surface area contributed by atoms with E-state index in [1.165, 1.54) is 42.8 Å². The number of sulfonamides is 1. The zero-order chi connectivity index (χ0) is 27.4. The molecule has 0 aliphatic carbocycles. The van der Waals surface area contributed by atoms with Gasteiger partial charge in [-0.1, -0.05) is 35.9 Å². The molecule has 10 heteroatoms. The van der Waals surface area contributed by atoms with Crippen LogP contribution in [0.2, 0.25) is 5.02 Å². The number of anilines is 1. The second kappa shape index (κ2) is 11.4. The summed E-state index contributed by atoms with van der Waals surface area (Å²) in [5.74, 6) is -0.125. The summed E-state index contributed by atoms with van der Waals surface area (Å²) in [4.78, 5) is 11.8. The van der Waals surface area contributed by atoms with Gasteiger partial charge in [-0.15, -0.1) is 0 Å². The third kappa shape index (κ3) is 5.79. The van der Waals surface area contributed by atoms with Gasteiger partial charge >= 0.3 is 5.97 Å². The molecule has 4 rings (SSSR count). The normalized spacial score (nSPS) is 15.4. The number of benzene rings is 3. The molecular weight excluding hydrogens is 533 g/mol. The lowest BCUT2D eigenvalue weighted by molar-refractivity contribution is -0.141. The van der Waals surface area contributed by atoms with E-state index in [1.807, 2.05) is 0 Å². The van der Waals surface area contributed by atoms with E-state index >= 15 is 0 Å². The van der Waals surface area contributed by atoms with Crippen LogP contribution in [0.5, 0.6) is 11.5 Å². The van der Waals surface area contributed by atoms with Gasteiger partial charge in [-0.2, -0.15) is 0 Å². The van der Waals surface area contributed by atoms with Crippen molar-refractivity contribution in [2.75, 3.05) is 25.1 Å². The van der Waals surface area contributed by atoms with Crippen LogP contribution in [0.25, 0.3) is 11.6 Å². The van der Waals surface area contributed by atoms with Crippen molar-refractivity contribution in [3.8, 4) is 11.5 Å². The molecule has 0 saturated heterocycles. The Morgan fingerprint density at radius 2 is 1.92 bits per heavy atom. The summed E-state index contributed by atoms with van der Waals surface area (Å²) in [7, 11) is -1.28. The van der Waals surface area contributed by atoms with Gasteiger partial charge in [-0.05, 0) is 60.9 Å². The van der Waals surface area contributed by atoms with E-state index in [0.717, 1.165) is 0 Å². The highest BCUT2D eigenvalue weighted by molar-refractivity contribution is 7.92. The number of allylic oxidation sites excluding steroid dienone is 1. The van der Waals surface area contributed by atoms with Crippen molar-refractivity contribution in [1.82, 2.24) is 0 Å². The Bertz CT molecular complexity index is 1470. The van der Waals surface area contributed by atoms with Crippen LogP contribution < -0.4 is 13.8 Å². The van der Waals surface area contributed by atoms with E-state index in [1.54, 1.807) is 49.4 Å². The van der Waals surface area contributed by atoms with Crippen LogP contribution in [0.15, 0.2) is 65.6 Å². The molecule has 200 valence electrons. The molecule has 1 heterocycles. The molecule has 1 aliphatic heterocycles. The van der Waals surface area contributed by atoms with Gasteiger partial charge in [0.25, 0.3) is 10.0 Å². The Kier molecular flexibility index (Phi) is 8.28. The average molecular weight is 560 g/mol. The van der Waals surface area contributed by atoms with Gasteiger partial charge in [-0.3, -0.25) is 9.10 Å². The molecule has 1 unspecified atom stereocenters. The van der Waals surface area contributed by atoms with Gasteiger partial charge in [-0.25, -0.2) is 12.8 Å². The molecule has 1 aliphatic rings. The van der Waals surface area contributed by atoms with Crippen molar-refractivity contribution >= 4 is 44.9 Å². The van der Waals surface area contributed by atoms with Crippen molar-refractivity contribution < 1.29 is 31.8 Å². The predicted molar refractivity (Wildman–Crippen MR) is 145 cm³/mol. The fourth-order valence-corrected chi connectivity index (χ4v) is 6.11. The summed E-state index contributed by atoms with van der Waals surface area (Å²) >= 11 is 6.23. The molecule has 0 spiro atoms. The highest BCUT2D eigenvalue weighted by Gasteiger charge is 2.35. The first-order valence-corrected chi connectivity index (χ1v) is 13.6. The Labute approximate surface area is 226 Å². The lowest BCUT2D eigenvalue weighted by Crippen LogP contribution is -2.43. The lowest BCUT2D eigenvalue weighted by Gasteiger charge is -2.35. The number of carbonyl (C=O) groups is 1. The fraction of sp³-hybridized carbons (Fsp3) is 0.250. The summed E-state index contributed by atoms with van der Waals surface area (Å²) in [5, 5.41) is 0.274. The van der Waals surface area contributed by atoms with Crippen LogP contribution in [-0.2, 0) is 19.6 Å². The SMILES string of the molecule is COC(=O)CCC1CN(S(=O)(=O)c2cccc(OC)c2)c2cc(/C=C(\C)c3c(F)cccc3Cl)ccc2O1. The third-order valence-corrected chi connectivity index (χ3v) is 8.27. The van der Waals surface area contributed by atoms with Crippen LogP contribution >= 0.6 is 11.6 Å². The number of hydrogen-bond donors (Lipinski definition) is 0. The number of halogens is 2. The summed E-state index contributed by atoms with van der Waals surface area (Å²) in [6.07, 6.45) is 1.49. The van der Waals surface area contributed by atoms with Gasteiger partial charge in [0.05, 0.1) is 36.4 Å². The second-order valence-electron chi connectivity index (χ2n) is 8.72. The highest BCUT2D eigenvalue weighted by Crippen LogP contribution is 2.40. The van der Waals surface area contributed by atoms with E-state index in [9.17, 15) is 17.6 Å². The van der Waals surface area contributed by atoms with E-state index in [-0.39, 0.29) is 34.9 Å². The quantitative estimate of drug-likeness (QED) is 0.250. The highest BCUT2D eigenvalue weighted by atomic mass is 35.5. The molecule has 0 saturated carbocycles. The number of hydrogen-bond acceptors (Lipinski definition) is 6. The van der Waals surface area contributed by atoms with E-state index in [0.29, 0.717) is 28.3 Å². The van der Waals surface area contributed by atoms with E-state index in [4.69, 9.17) is 25.8 Å². The predicted octanol–water partition coefficient (Wildman–Crippen LogP) is 5.96. The zero-order valence-electron chi connectivity index (χ0n) is 21.1. The maximum atomic E-state index is 14.5. The van der Waals surface area contributed by atoms with Crippen molar-refractivity contribution in [2.24, 2.45) is 0 Å². The fourth-order valence-electron chi connectivity index (χ4n) is 4.26. The van der Waals surface area contributed by atoms with Crippen LogP contribution in [0, 0.1) is 5.82 Å². The van der Waals surface area contributed by atoms with Crippen molar-refractivity contribution in [3.05, 3.63) is 82.6 Å². The summed E-state index contributed by atoms with van der Waals surface area (Å²) in [5.41, 5.74) is 1.79. The molecule has 3 aromatic carbocycles. The standard InChI is InChI=1S/C28H27ClFNO6S/c1-18(28-23(29)8-5-9-24(28)30)14-19-10-12-26-25(15-19)31(17-21(37-26)11-13-27(32)36-3)38(33,34)22-7-4-6-20(16-22)35-2/h4-10,12,14-16,21H,11,13,17H2,1-3H3/b18-14+. The van der Waals surface area contributed by atoms with E-state index in [2.05, 4.69) is 0 Å². The van der Waals surface area contributed by atoms with Crippen LogP contribution in [0.4, 0.5) is 10.1 Å². The number of esters is 1. The van der Waals surface area contributed by atoms with Crippen LogP contribution in [0.3, 0.4) is 0 Å².